The molecular weight excluding hydrogens is 525 g/mol. The first-order valence-corrected chi connectivity index (χ1v) is 14.8. The van der Waals surface area contributed by atoms with E-state index in [9.17, 15) is 24.5 Å². The highest BCUT2D eigenvalue weighted by molar-refractivity contribution is 6.43. The zero-order valence-electron chi connectivity index (χ0n) is 24.1. The Bertz CT molecular complexity index is 1180. The third kappa shape index (κ3) is 7.29. The van der Waals surface area contributed by atoms with Gasteiger partial charge in [0.15, 0.2) is 0 Å². The van der Waals surface area contributed by atoms with Crippen LogP contribution in [0.1, 0.15) is 70.3 Å². The Morgan fingerprint density at radius 1 is 1.12 bits per heavy atom. The summed E-state index contributed by atoms with van der Waals surface area (Å²) < 4.78 is 11.6. The van der Waals surface area contributed by atoms with Crippen molar-refractivity contribution >= 4 is 31.0 Å². The maximum atomic E-state index is 13.6. The lowest BCUT2D eigenvalue weighted by Gasteiger charge is -2.43. The van der Waals surface area contributed by atoms with Crippen LogP contribution in [0.4, 0.5) is 0 Å². The first-order valence-electron chi connectivity index (χ1n) is 14.8. The number of hydrogen-bond donors (Lipinski definition) is 3. The number of carbonyl (C=O) groups is 3. The number of carboxylic acids is 1. The van der Waals surface area contributed by atoms with Gasteiger partial charge in [-0.25, -0.2) is 0 Å². The summed E-state index contributed by atoms with van der Waals surface area (Å²) in [5.74, 6) is -2.33. The second kappa shape index (κ2) is 14.3. The third-order valence-corrected chi connectivity index (χ3v) is 8.59. The Kier molecular flexibility index (Phi) is 10.8. The normalized spacial score (nSPS) is 24.6. The SMILES string of the molecule is CCC/C(=C\c1ccccc1O)CC[C@H]1OB(O)C[C@H]2C1=C(COC)C[C@H]1C(=O)N(CCCCCC(=O)O)C(=O)[C@H]12. The van der Waals surface area contributed by atoms with Gasteiger partial charge in [0.1, 0.15) is 5.75 Å². The summed E-state index contributed by atoms with van der Waals surface area (Å²) in [4.78, 5) is 39.2. The summed E-state index contributed by atoms with van der Waals surface area (Å²) in [6.45, 7) is 2.72. The Labute approximate surface area is 242 Å². The predicted octanol–water partition coefficient (Wildman–Crippen LogP) is 4.44. The van der Waals surface area contributed by atoms with Crippen molar-refractivity contribution in [3.8, 4) is 5.75 Å². The van der Waals surface area contributed by atoms with Crippen LogP contribution >= 0.6 is 0 Å². The Morgan fingerprint density at radius 2 is 1.90 bits per heavy atom. The van der Waals surface area contributed by atoms with Gasteiger partial charge in [0.2, 0.25) is 11.8 Å². The maximum Gasteiger partial charge on any atom is 0.455 e. The number of aliphatic carboxylic acids is 1. The number of aromatic hydroxyl groups is 1. The molecule has 4 rings (SSSR count). The fourth-order valence-electron chi connectivity index (χ4n) is 6.82. The highest BCUT2D eigenvalue weighted by Gasteiger charge is 2.57. The van der Waals surface area contributed by atoms with Crippen LogP contribution in [0.25, 0.3) is 6.08 Å². The van der Waals surface area contributed by atoms with Crippen molar-refractivity contribution < 1.29 is 39.0 Å². The lowest BCUT2D eigenvalue weighted by Crippen LogP contribution is -2.46. The minimum atomic E-state index is -1.04. The van der Waals surface area contributed by atoms with Crippen molar-refractivity contribution in [1.82, 2.24) is 4.90 Å². The van der Waals surface area contributed by atoms with Crippen molar-refractivity contribution in [2.24, 2.45) is 17.8 Å². The van der Waals surface area contributed by atoms with Gasteiger partial charge in [-0.1, -0.05) is 49.6 Å². The largest absolute Gasteiger partial charge is 0.507 e. The number of benzene rings is 1. The first kappa shape index (κ1) is 31.0. The lowest BCUT2D eigenvalue weighted by molar-refractivity contribution is -0.141. The van der Waals surface area contributed by atoms with Crippen LogP contribution in [0.2, 0.25) is 6.32 Å². The van der Waals surface area contributed by atoms with E-state index < -0.39 is 31.0 Å². The molecule has 4 atom stereocenters. The number of phenols is 1. The van der Waals surface area contributed by atoms with Crippen LogP contribution in [-0.4, -0.2) is 71.4 Å². The number of fused-ring (bicyclic) bond motifs is 3. The van der Waals surface area contributed by atoms with Crippen LogP contribution in [-0.2, 0) is 23.8 Å². The van der Waals surface area contributed by atoms with Crippen molar-refractivity contribution in [3.63, 3.8) is 0 Å². The van der Waals surface area contributed by atoms with Gasteiger partial charge >= 0.3 is 13.1 Å². The number of para-hydroxylation sites is 1. The van der Waals surface area contributed by atoms with E-state index in [0.29, 0.717) is 45.1 Å². The molecule has 3 aliphatic rings. The average molecular weight is 567 g/mol. The quantitative estimate of drug-likeness (QED) is 0.130. The lowest BCUT2D eigenvalue weighted by atomic mass is 9.58. The van der Waals surface area contributed by atoms with E-state index in [-0.39, 0.29) is 42.8 Å². The second-order valence-electron chi connectivity index (χ2n) is 11.4. The van der Waals surface area contributed by atoms with E-state index >= 15 is 0 Å². The van der Waals surface area contributed by atoms with E-state index in [1.807, 2.05) is 18.2 Å². The van der Waals surface area contributed by atoms with Gasteiger partial charge in [-0.15, -0.1) is 0 Å². The van der Waals surface area contributed by atoms with Gasteiger partial charge in [0.25, 0.3) is 0 Å². The molecule has 10 heteroatoms. The maximum absolute atomic E-state index is 13.6. The third-order valence-electron chi connectivity index (χ3n) is 8.59. The number of rotatable bonds is 14. The van der Waals surface area contributed by atoms with Crippen molar-refractivity contribution in [3.05, 3.63) is 46.5 Å². The number of nitrogens with zero attached hydrogens (tertiary/aromatic N) is 1. The number of imide groups is 1. The van der Waals surface area contributed by atoms with E-state index in [4.69, 9.17) is 14.5 Å². The van der Waals surface area contributed by atoms with Crippen LogP contribution < -0.4 is 0 Å². The molecule has 0 spiro atoms. The molecule has 41 heavy (non-hydrogen) atoms. The zero-order chi connectivity index (χ0) is 29.5. The first-order chi connectivity index (χ1) is 19.7. The molecule has 9 nitrogen and oxygen atoms in total. The smallest absolute Gasteiger partial charge is 0.455 e. The molecule has 2 aliphatic heterocycles. The Morgan fingerprint density at radius 3 is 2.61 bits per heavy atom. The number of allylic oxidation sites excluding steroid dienone is 1. The van der Waals surface area contributed by atoms with Crippen LogP contribution in [0.3, 0.4) is 0 Å². The number of likely N-dealkylation sites (tertiary alicyclic amines) is 1. The van der Waals surface area contributed by atoms with Crippen LogP contribution in [0, 0.1) is 17.8 Å². The molecule has 0 unspecified atom stereocenters. The topological polar surface area (TPSA) is 134 Å². The zero-order valence-corrected chi connectivity index (χ0v) is 24.1. The number of hydrogen-bond acceptors (Lipinski definition) is 7. The Hall–Kier alpha value is -2.95. The van der Waals surface area contributed by atoms with Gasteiger partial charge < -0.3 is 24.6 Å². The van der Waals surface area contributed by atoms with Crippen LogP contribution in [0.5, 0.6) is 5.75 Å². The molecule has 3 N–H and O–H groups in total. The molecule has 0 aromatic heterocycles. The van der Waals surface area contributed by atoms with E-state index in [1.54, 1.807) is 19.2 Å². The summed E-state index contributed by atoms with van der Waals surface area (Å²) in [6.07, 6.45) is 7.16. The fraction of sp³-hybridized carbons (Fsp3) is 0.581. The molecule has 0 radical (unpaired) electrons. The molecule has 2 saturated heterocycles. The highest BCUT2D eigenvalue weighted by Crippen LogP contribution is 2.50. The predicted molar refractivity (Wildman–Crippen MR) is 155 cm³/mol. The van der Waals surface area contributed by atoms with Crippen molar-refractivity contribution in [2.75, 3.05) is 20.3 Å². The molecule has 0 bridgehead atoms. The van der Waals surface area contributed by atoms with E-state index in [2.05, 4.69) is 6.92 Å². The number of methoxy groups -OCH3 is 1. The average Bonchev–Trinajstić information content (AvgIpc) is 3.17. The van der Waals surface area contributed by atoms with E-state index in [0.717, 1.165) is 35.1 Å². The van der Waals surface area contributed by atoms with E-state index in [1.165, 1.54) is 4.90 Å². The number of carboxylic acid groups (broad SMARTS) is 1. The molecule has 2 amide bonds. The summed E-state index contributed by atoms with van der Waals surface area (Å²) in [5, 5.41) is 29.9. The van der Waals surface area contributed by atoms with Gasteiger partial charge in [0, 0.05) is 25.6 Å². The van der Waals surface area contributed by atoms with Crippen LogP contribution in [0.15, 0.2) is 41.0 Å². The highest BCUT2D eigenvalue weighted by atomic mass is 16.5. The van der Waals surface area contributed by atoms with Gasteiger partial charge in [-0.2, -0.15) is 0 Å². The summed E-state index contributed by atoms with van der Waals surface area (Å²) in [6, 6.07) is 7.22. The number of phenolic OH excluding ortho intramolecular Hbond substituents is 1. The molecule has 222 valence electrons. The molecule has 1 aromatic rings. The fourth-order valence-corrected chi connectivity index (χ4v) is 6.82. The van der Waals surface area contributed by atoms with Gasteiger partial charge in [-0.3, -0.25) is 19.3 Å². The molecule has 2 heterocycles. The number of amides is 2. The minimum Gasteiger partial charge on any atom is -0.507 e. The standard InChI is InChI=1S/C31H42BNO8/c1-3-9-20(16-21-10-6-7-11-25(21)34)13-14-26-28-22(19-40-2)17-23-29(24(28)18-32(39)41-26)31(38)33(30(23)37)15-8-4-5-12-27(35)36/h6-7,10-11,16,23-24,26,29,34,39H,3-5,8-9,12-15,17-19H2,1-2H3,(H,35,36)/b20-16+/t23-,24+,26-,29-/m1/s1. The van der Waals surface area contributed by atoms with Crippen molar-refractivity contribution in [2.45, 2.75) is 77.1 Å². The summed E-state index contributed by atoms with van der Waals surface area (Å²) >= 11 is 0. The summed E-state index contributed by atoms with van der Waals surface area (Å²) in [5.41, 5.74) is 3.89. The Balaban J connectivity index is 1.54. The van der Waals surface area contributed by atoms with Crippen molar-refractivity contribution in [1.29, 1.82) is 0 Å². The van der Waals surface area contributed by atoms with Gasteiger partial charge in [0.05, 0.1) is 24.5 Å². The molecule has 2 fully saturated rings. The molecule has 1 aliphatic carbocycles. The van der Waals surface area contributed by atoms with Gasteiger partial charge in [-0.05, 0) is 68.0 Å². The minimum absolute atomic E-state index is 0.0732. The monoisotopic (exact) mass is 567 g/mol. The number of carbonyl (C=O) groups excluding carboxylic acids is 2. The summed E-state index contributed by atoms with van der Waals surface area (Å²) in [7, 11) is 0.572. The second-order valence-corrected chi connectivity index (χ2v) is 11.4. The molecule has 1 aromatic carbocycles. The molecule has 0 saturated carbocycles. The number of unbranched alkanes of at least 4 members (excludes halogenated alkanes) is 2. The number of ether oxygens (including phenoxy) is 1. The molecular formula is C31H42BNO8.